The van der Waals surface area contributed by atoms with Crippen molar-refractivity contribution in [3.63, 3.8) is 0 Å². The molecule has 2 fully saturated rings. The van der Waals surface area contributed by atoms with E-state index in [-0.39, 0.29) is 28.3 Å². The van der Waals surface area contributed by atoms with Gasteiger partial charge in [0.1, 0.15) is 0 Å². The lowest BCUT2D eigenvalue weighted by atomic mass is 9.56. The van der Waals surface area contributed by atoms with E-state index in [0.717, 1.165) is 42.9 Å². The van der Waals surface area contributed by atoms with Crippen molar-refractivity contribution in [2.75, 3.05) is 18.0 Å². The van der Waals surface area contributed by atoms with Crippen molar-refractivity contribution in [3.8, 4) is 5.69 Å². The predicted molar refractivity (Wildman–Crippen MR) is 132 cm³/mol. The van der Waals surface area contributed by atoms with Crippen molar-refractivity contribution < 1.29 is 22.0 Å². The molecule has 0 amide bonds. The Bertz CT molecular complexity index is 1430. The van der Waals surface area contributed by atoms with Crippen molar-refractivity contribution in [1.29, 1.82) is 0 Å². The molecule has 194 valence electrons. The van der Waals surface area contributed by atoms with Crippen LogP contribution in [0.25, 0.3) is 16.6 Å². The Morgan fingerprint density at radius 3 is 2.43 bits per heavy atom. The molecule has 1 aliphatic carbocycles. The number of rotatable bonds is 4. The highest BCUT2D eigenvalue weighted by molar-refractivity contribution is 5.83. The van der Waals surface area contributed by atoms with Gasteiger partial charge in [-0.15, -0.1) is 0 Å². The van der Waals surface area contributed by atoms with Crippen molar-refractivity contribution in [3.05, 3.63) is 77.7 Å². The van der Waals surface area contributed by atoms with Crippen molar-refractivity contribution in [2.45, 2.75) is 44.2 Å². The molecule has 0 bridgehead atoms. The molecule has 1 saturated heterocycles. The summed E-state index contributed by atoms with van der Waals surface area (Å²) < 4.78 is 72.1. The van der Waals surface area contributed by atoms with Gasteiger partial charge < -0.3 is 9.47 Å². The van der Waals surface area contributed by atoms with Gasteiger partial charge in [-0.1, -0.05) is 18.2 Å². The van der Waals surface area contributed by atoms with Gasteiger partial charge in [-0.2, -0.15) is 18.3 Å². The third kappa shape index (κ3) is 4.08. The van der Waals surface area contributed by atoms with Gasteiger partial charge in [0.25, 0.3) is 6.43 Å². The van der Waals surface area contributed by atoms with Crippen molar-refractivity contribution in [1.82, 2.24) is 14.3 Å². The molecule has 4 aromatic rings. The Morgan fingerprint density at radius 2 is 1.73 bits per heavy atom. The van der Waals surface area contributed by atoms with Gasteiger partial charge in [0, 0.05) is 43.5 Å². The minimum Gasteiger partial charge on any atom is -0.371 e. The number of piperidine rings is 1. The molecule has 37 heavy (non-hydrogen) atoms. The maximum absolute atomic E-state index is 13.9. The number of para-hydroxylation sites is 1. The molecule has 0 unspecified atom stereocenters. The minimum absolute atomic E-state index is 0.0221. The maximum Gasteiger partial charge on any atom is 0.418 e. The molecule has 0 N–H and O–H groups in total. The van der Waals surface area contributed by atoms with Gasteiger partial charge in [0.15, 0.2) is 0 Å². The van der Waals surface area contributed by atoms with Crippen LogP contribution in [0.4, 0.5) is 27.6 Å². The summed E-state index contributed by atoms with van der Waals surface area (Å²) in [6.07, 6.45) is -1.14. The lowest BCUT2D eigenvalue weighted by molar-refractivity contribution is -0.137. The van der Waals surface area contributed by atoms with Crippen LogP contribution in [0.2, 0.25) is 0 Å². The van der Waals surface area contributed by atoms with Crippen LogP contribution in [0.5, 0.6) is 0 Å². The first-order chi connectivity index (χ1) is 17.7. The number of halogens is 5. The number of fused-ring (bicyclic) bond motifs is 1. The fourth-order valence-corrected chi connectivity index (χ4v) is 6.31. The summed E-state index contributed by atoms with van der Waals surface area (Å²) in [4.78, 5) is 2.36. The van der Waals surface area contributed by atoms with Crippen LogP contribution in [0.3, 0.4) is 0 Å². The van der Waals surface area contributed by atoms with Crippen LogP contribution >= 0.6 is 0 Å². The fraction of sp³-hybridized carbons (Fsp3) is 0.393. The van der Waals surface area contributed by atoms with Crippen LogP contribution in [0.1, 0.15) is 54.8 Å². The molecule has 1 saturated carbocycles. The first-order valence-electron chi connectivity index (χ1n) is 12.5. The van der Waals surface area contributed by atoms with Crippen molar-refractivity contribution in [2.24, 2.45) is 12.5 Å². The number of aryl methyl sites for hydroxylation is 1. The molecule has 1 aliphatic heterocycles. The van der Waals surface area contributed by atoms with Gasteiger partial charge in [-0.05, 0) is 66.8 Å². The second-order valence-electron chi connectivity index (χ2n) is 10.5. The summed E-state index contributed by atoms with van der Waals surface area (Å²) >= 11 is 0. The number of benzene rings is 2. The standard InChI is InChI=1S/C28H27F5N4/c1-35-11-8-18-6-7-20(14-24(18)35)36-12-9-27(10-13-36)15-19(16-27)25-21(26(29)30)17-34-37(25)23-5-3-2-4-22(23)28(31,32)33/h2-8,11,14,17,19,26H,9-10,12-13,15-16H2,1H3. The molecule has 0 atom stereocenters. The van der Waals surface area contributed by atoms with E-state index in [1.807, 2.05) is 13.2 Å². The quantitative estimate of drug-likeness (QED) is 0.264. The summed E-state index contributed by atoms with van der Waals surface area (Å²) in [5.74, 6) is -0.251. The monoisotopic (exact) mass is 514 g/mol. The Balaban J connectivity index is 1.22. The SMILES string of the molecule is Cn1ccc2ccc(N3CCC4(CC3)CC(c3c(C(F)F)cnn3-c3ccccc3C(F)(F)F)C4)cc21. The van der Waals surface area contributed by atoms with E-state index in [2.05, 4.69) is 38.8 Å². The molecule has 4 nitrogen and oxygen atoms in total. The fourth-order valence-electron chi connectivity index (χ4n) is 6.31. The smallest absolute Gasteiger partial charge is 0.371 e. The number of anilines is 1. The molecule has 0 radical (unpaired) electrons. The number of nitrogens with zero attached hydrogens (tertiary/aromatic N) is 4. The number of alkyl halides is 5. The van der Waals surface area contributed by atoms with Gasteiger partial charge in [0.2, 0.25) is 0 Å². The Hall–Kier alpha value is -3.36. The van der Waals surface area contributed by atoms with Crippen LogP contribution in [-0.2, 0) is 13.2 Å². The van der Waals surface area contributed by atoms with Crippen LogP contribution in [0, 0.1) is 5.41 Å². The minimum atomic E-state index is -4.61. The van der Waals surface area contributed by atoms with E-state index < -0.39 is 18.2 Å². The largest absolute Gasteiger partial charge is 0.418 e. The van der Waals surface area contributed by atoms with Crippen LogP contribution in [0.15, 0.2) is 60.9 Å². The zero-order valence-corrected chi connectivity index (χ0v) is 20.3. The van der Waals surface area contributed by atoms with Gasteiger partial charge in [0.05, 0.1) is 28.7 Å². The summed E-state index contributed by atoms with van der Waals surface area (Å²) in [6, 6.07) is 13.6. The molecule has 2 aromatic carbocycles. The first-order valence-corrected chi connectivity index (χ1v) is 12.5. The highest BCUT2D eigenvalue weighted by atomic mass is 19.4. The molecule has 1 spiro atoms. The second-order valence-corrected chi connectivity index (χ2v) is 10.5. The molecule has 6 rings (SSSR count). The van der Waals surface area contributed by atoms with E-state index in [1.165, 1.54) is 34.8 Å². The van der Waals surface area contributed by atoms with Crippen LogP contribution in [-0.4, -0.2) is 27.4 Å². The summed E-state index contributed by atoms with van der Waals surface area (Å²) in [6.45, 7) is 1.72. The lowest BCUT2D eigenvalue weighted by Crippen LogP contribution is -2.47. The van der Waals surface area contributed by atoms with E-state index in [4.69, 9.17) is 0 Å². The van der Waals surface area contributed by atoms with Gasteiger partial charge in [-0.25, -0.2) is 13.5 Å². The lowest BCUT2D eigenvalue weighted by Gasteiger charge is -2.53. The van der Waals surface area contributed by atoms with E-state index in [9.17, 15) is 22.0 Å². The third-order valence-electron chi connectivity index (χ3n) is 8.32. The average molecular weight is 515 g/mol. The Labute approximate surface area is 211 Å². The summed E-state index contributed by atoms with van der Waals surface area (Å²) in [7, 11) is 2.03. The van der Waals surface area contributed by atoms with Crippen molar-refractivity contribution >= 4 is 16.6 Å². The molecule has 2 aliphatic rings. The molecular formula is C28H27F5N4. The first kappa shape index (κ1) is 24.0. The molecular weight excluding hydrogens is 487 g/mol. The van der Waals surface area contributed by atoms with E-state index in [1.54, 1.807) is 0 Å². The van der Waals surface area contributed by atoms with E-state index >= 15 is 0 Å². The maximum atomic E-state index is 13.9. The van der Waals surface area contributed by atoms with Gasteiger partial charge in [-0.3, -0.25) is 0 Å². The summed E-state index contributed by atoms with van der Waals surface area (Å²) in [5, 5.41) is 5.22. The Kier molecular flexibility index (Phi) is 5.58. The number of hydrogen-bond acceptors (Lipinski definition) is 2. The third-order valence-corrected chi connectivity index (χ3v) is 8.32. The Morgan fingerprint density at radius 1 is 1.00 bits per heavy atom. The second kappa shape index (κ2) is 8.60. The molecule has 9 heteroatoms. The highest BCUT2D eigenvalue weighted by Crippen LogP contribution is 2.58. The summed E-state index contributed by atoms with van der Waals surface area (Å²) in [5.41, 5.74) is 1.23. The number of aromatic nitrogens is 3. The zero-order chi connectivity index (χ0) is 25.9. The van der Waals surface area contributed by atoms with Crippen LogP contribution < -0.4 is 4.90 Å². The predicted octanol–water partition coefficient (Wildman–Crippen LogP) is 7.48. The number of hydrogen-bond donors (Lipinski definition) is 0. The average Bonchev–Trinajstić information content (AvgIpc) is 3.46. The normalized spacial score (nSPS) is 18.2. The van der Waals surface area contributed by atoms with E-state index in [0.29, 0.717) is 12.8 Å². The molecule has 3 heterocycles. The molecule has 2 aromatic heterocycles. The zero-order valence-electron chi connectivity index (χ0n) is 20.3. The van der Waals surface area contributed by atoms with Gasteiger partial charge >= 0.3 is 6.18 Å². The highest BCUT2D eigenvalue weighted by Gasteiger charge is 2.49. The topological polar surface area (TPSA) is 26.0 Å².